The van der Waals surface area contributed by atoms with Gasteiger partial charge in [-0.25, -0.2) is 4.57 Å². The number of nitrogens with one attached hydrogen (secondary N) is 1. The van der Waals surface area contributed by atoms with Crippen LogP contribution in [0.1, 0.15) is 187 Å². The molecule has 0 fully saturated rings. The van der Waals surface area contributed by atoms with Crippen LogP contribution in [-0.2, 0) is 18.4 Å². The molecule has 52 heavy (non-hydrogen) atoms. The van der Waals surface area contributed by atoms with Crippen molar-refractivity contribution in [2.75, 3.05) is 19.8 Å². The lowest BCUT2D eigenvalue weighted by Gasteiger charge is -2.23. The van der Waals surface area contributed by atoms with E-state index in [4.69, 9.17) is 14.8 Å². The Morgan fingerprint density at radius 1 is 0.615 bits per heavy atom. The van der Waals surface area contributed by atoms with E-state index in [9.17, 15) is 19.4 Å². The first-order chi connectivity index (χ1) is 25.4. The quantitative estimate of drug-likeness (QED) is 0.0279. The highest BCUT2D eigenvalue weighted by Crippen LogP contribution is 2.43. The number of allylic oxidation sites excluding steroid dienone is 7. The van der Waals surface area contributed by atoms with Gasteiger partial charge < -0.3 is 21.1 Å². The molecule has 8 nitrogen and oxygen atoms in total. The van der Waals surface area contributed by atoms with Crippen LogP contribution in [0.25, 0.3) is 0 Å². The highest BCUT2D eigenvalue weighted by atomic mass is 31.2. The molecule has 0 aliphatic rings. The Bertz CT molecular complexity index is 954. The number of phosphoric acid groups is 1. The normalized spacial score (nSPS) is 14.6. The largest absolute Gasteiger partial charge is 0.472 e. The fraction of sp³-hybridized carbons (Fsp3) is 0.791. The molecule has 0 aromatic rings. The number of hydrogen-bond donors (Lipinski definition) is 4. The van der Waals surface area contributed by atoms with Gasteiger partial charge in [-0.15, -0.1) is 0 Å². The van der Waals surface area contributed by atoms with E-state index in [1.165, 1.54) is 122 Å². The summed E-state index contributed by atoms with van der Waals surface area (Å²) in [5, 5.41) is 13.6. The first-order valence-electron chi connectivity index (χ1n) is 21.3. The minimum Gasteiger partial charge on any atom is -0.387 e. The molecule has 0 spiro atoms. The van der Waals surface area contributed by atoms with E-state index < -0.39 is 20.0 Å². The Kier molecular flexibility index (Phi) is 38.0. The lowest BCUT2D eigenvalue weighted by atomic mass is 10.1. The molecule has 304 valence electrons. The smallest absolute Gasteiger partial charge is 0.387 e. The Labute approximate surface area is 320 Å². The summed E-state index contributed by atoms with van der Waals surface area (Å²) in [7, 11) is -4.35. The Morgan fingerprint density at radius 3 is 1.48 bits per heavy atom. The third-order valence-corrected chi connectivity index (χ3v) is 10.1. The van der Waals surface area contributed by atoms with Crippen molar-refractivity contribution in [2.45, 2.75) is 199 Å². The molecule has 0 bridgehead atoms. The number of aliphatic hydroxyl groups excluding tert-OH is 1. The van der Waals surface area contributed by atoms with E-state index >= 15 is 0 Å². The molecule has 0 aromatic carbocycles. The van der Waals surface area contributed by atoms with E-state index in [1.54, 1.807) is 6.08 Å². The van der Waals surface area contributed by atoms with Crippen molar-refractivity contribution in [1.82, 2.24) is 5.32 Å². The highest BCUT2D eigenvalue weighted by Gasteiger charge is 2.26. The Morgan fingerprint density at radius 2 is 1.02 bits per heavy atom. The summed E-state index contributed by atoms with van der Waals surface area (Å²) in [6.07, 6.45) is 47.3. The zero-order valence-corrected chi connectivity index (χ0v) is 34.4. The molecular weight excluding hydrogens is 671 g/mol. The molecule has 3 atom stereocenters. The van der Waals surface area contributed by atoms with Crippen LogP contribution in [0.2, 0.25) is 0 Å². The number of phosphoric ester groups is 1. The van der Waals surface area contributed by atoms with Gasteiger partial charge >= 0.3 is 7.82 Å². The van der Waals surface area contributed by atoms with Gasteiger partial charge in [0.05, 0.1) is 25.4 Å². The van der Waals surface area contributed by atoms with E-state index in [0.717, 1.165) is 44.9 Å². The monoisotopic (exact) mass is 753 g/mol. The molecule has 3 unspecified atom stereocenters. The standard InChI is InChI=1S/C43H81N2O6P/c1-3-5-7-9-11-13-15-17-19-21-23-25-27-29-31-33-35-37-43(47)45-41(40-51-52(48,49)50-39-38-44)42(46)36-34-32-30-28-26-24-22-20-18-16-14-12-10-8-6-4-2/h17-20,26,28,34,36,41-42,46H,3-16,21-25,27,29-33,35,37-40,44H2,1-2H3,(H,45,47)(H,48,49)/b19-17-,20-18+,28-26+,36-34+. The van der Waals surface area contributed by atoms with Crippen molar-refractivity contribution >= 4 is 13.7 Å². The number of rotatable bonds is 39. The van der Waals surface area contributed by atoms with Crippen molar-refractivity contribution in [3.05, 3.63) is 48.6 Å². The number of nitrogens with two attached hydrogens (primary N) is 1. The van der Waals surface area contributed by atoms with Crippen LogP contribution in [0, 0.1) is 0 Å². The molecular formula is C43H81N2O6P. The summed E-state index contributed by atoms with van der Waals surface area (Å²) >= 11 is 0. The SMILES string of the molecule is CCCCCCCC/C=C\CCCCCCCCCC(=O)NC(COP(=O)(O)OCCN)C(O)/C=C/CC/C=C/CC/C=C/CCCCCCCC. The van der Waals surface area contributed by atoms with E-state index in [1.807, 2.05) is 6.08 Å². The van der Waals surface area contributed by atoms with Crippen molar-refractivity contribution in [2.24, 2.45) is 5.73 Å². The topological polar surface area (TPSA) is 131 Å². The third-order valence-electron chi connectivity index (χ3n) is 9.10. The second kappa shape index (κ2) is 39.2. The summed E-state index contributed by atoms with van der Waals surface area (Å²) in [5.74, 6) is -0.214. The summed E-state index contributed by atoms with van der Waals surface area (Å²) in [4.78, 5) is 22.7. The van der Waals surface area contributed by atoms with Crippen molar-refractivity contribution < 1.29 is 28.4 Å². The zero-order valence-electron chi connectivity index (χ0n) is 33.5. The van der Waals surface area contributed by atoms with Crippen molar-refractivity contribution in [3.8, 4) is 0 Å². The molecule has 0 aromatic heterocycles. The first kappa shape index (κ1) is 50.5. The summed E-state index contributed by atoms with van der Waals surface area (Å²) in [5.41, 5.74) is 5.36. The number of amides is 1. The second-order valence-electron chi connectivity index (χ2n) is 14.2. The van der Waals surface area contributed by atoms with Gasteiger partial charge in [-0.05, 0) is 70.6 Å². The van der Waals surface area contributed by atoms with Crippen LogP contribution >= 0.6 is 7.82 Å². The van der Waals surface area contributed by atoms with E-state index in [2.05, 4.69) is 55.6 Å². The maximum absolute atomic E-state index is 12.7. The fourth-order valence-electron chi connectivity index (χ4n) is 5.86. The van der Waals surface area contributed by atoms with Crippen LogP contribution in [0.15, 0.2) is 48.6 Å². The number of carbonyl (C=O) groups excluding carboxylic acids is 1. The molecule has 1 amide bonds. The maximum atomic E-state index is 12.7. The van der Waals surface area contributed by atoms with E-state index in [0.29, 0.717) is 6.42 Å². The second-order valence-corrected chi connectivity index (χ2v) is 15.6. The van der Waals surface area contributed by atoms with Crippen molar-refractivity contribution in [3.63, 3.8) is 0 Å². The van der Waals surface area contributed by atoms with Gasteiger partial charge in [0.1, 0.15) is 0 Å². The Balaban J connectivity index is 4.32. The number of aliphatic hydroxyl groups is 1. The number of carbonyl (C=O) groups is 1. The molecule has 0 saturated heterocycles. The molecule has 5 N–H and O–H groups in total. The molecule has 0 aliphatic heterocycles. The fourth-order valence-corrected chi connectivity index (χ4v) is 6.62. The molecule has 0 aliphatic carbocycles. The van der Waals surface area contributed by atoms with Crippen LogP contribution < -0.4 is 11.1 Å². The minimum absolute atomic E-state index is 0.0700. The molecule has 9 heteroatoms. The van der Waals surface area contributed by atoms with Crippen molar-refractivity contribution in [1.29, 1.82) is 0 Å². The van der Waals surface area contributed by atoms with Crippen LogP contribution in [0.3, 0.4) is 0 Å². The first-order valence-corrected chi connectivity index (χ1v) is 22.8. The molecule has 0 saturated carbocycles. The van der Waals surface area contributed by atoms with Crippen LogP contribution in [-0.4, -0.2) is 47.8 Å². The predicted octanol–water partition coefficient (Wildman–Crippen LogP) is 11.7. The van der Waals surface area contributed by atoms with Gasteiger partial charge in [0, 0.05) is 13.0 Å². The maximum Gasteiger partial charge on any atom is 0.472 e. The van der Waals surface area contributed by atoms with Gasteiger partial charge in [0.25, 0.3) is 0 Å². The van der Waals surface area contributed by atoms with Crippen LogP contribution in [0.4, 0.5) is 0 Å². The lowest BCUT2D eigenvalue weighted by Crippen LogP contribution is -2.45. The van der Waals surface area contributed by atoms with Gasteiger partial charge in [-0.1, -0.05) is 159 Å². The zero-order chi connectivity index (χ0) is 38.2. The van der Waals surface area contributed by atoms with Gasteiger partial charge in [0.2, 0.25) is 5.91 Å². The van der Waals surface area contributed by atoms with Crippen LogP contribution in [0.5, 0.6) is 0 Å². The number of unbranched alkanes of at least 4 members (excludes halogenated alkanes) is 21. The Hall–Kier alpha value is -1.54. The average molecular weight is 753 g/mol. The molecule has 0 heterocycles. The molecule has 0 rings (SSSR count). The number of hydrogen-bond acceptors (Lipinski definition) is 6. The molecule has 0 radical (unpaired) electrons. The highest BCUT2D eigenvalue weighted by molar-refractivity contribution is 7.47. The average Bonchev–Trinajstić information content (AvgIpc) is 3.13. The van der Waals surface area contributed by atoms with Gasteiger partial charge in [-0.3, -0.25) is 13.8 Å². The lowest BCUT2D eigenvalue weighted by molar-refractivity contribution is -0.123. The summed E-state index contributed by atoms with van der Waals surface area (Å²) in [6, 6.07) is -0.885. The van der Waals surface area contributed by atoms with E-state index in [-0.39, 0.29) is 25.7 Å². The third kappa shape index (κ3) is 36.8. The predicted molar refractivity (Wildman–Crippen MR) is 221 cm³/mol. The summed E-state index contributed by atoms with van der Waals surface area (Å²) < 4.78 is 22.1. The van der Waals surface area contributed by atoms with Gasteiger partial charge in [0.15, 0.2) is 0 Å². The minimum atomic E-state index is -4.35. The summed E-state index contributed by atoms with van der Waals surface area (Å²) in [6.45, 7) is 4.08. The van der Waals surface area contributed by atoms with Gasteiger partial charge in [-0.2, -0.15) is 0 Å².